The number of fused-ring (bicyclic) bond motifs is 1. The lowest BCUT2D eigenvalue weighted by Crippen LogP contribution is -2.06. The van der Waals surface area contributed by atoms with Crippen molar-refractivity contribution in [1.29, 1.82) is 0 Å². The van der Waals surface area contributed by atoms with Gasteiger partial charge >= 0.3 is 0 Å². The molecule has 0 saturated carbocycles. The van der Waals surface area contributed by atoms with Crippen molar-refractivity contribution in [2.24, 2.45) is 0 Å². The Morgan fingerprint density at radius 3 is 2.79 bits per heavy atom. The van der Waals surface area contributed by atoms with Gasteiger partial charge in [-0.15, -0.1) is 0 Å². The van der Waals surface area contributed by atoms with Gasteiger partial charge in [0.05, 0.1) is 22.3 Å². The minimum Gasteiger partial charge on any atom is -0.504 e. The summed E-state index contributed by atoms with van der Waals surface area (Å²) in [5.74, 6) is 0.0687. The van der Waals surface area contributed by atoms with Crippen molar-refractivity contribution in [3.63, 3.8) is 0 Å². The molecule has 2 aromatic carbocycles. The second-order valence-electron chi connectivity index (χ2n) is 5.45. The Kier molecular flexibility index (Phi) is 4.40. The number of nitrogens with zero attached hydrogens (tertiary/aromatic N) is 2. The van der Waals surface area contributed by atoms with E-state index in [0.717, 1.165) is 0 Å². The number of ether oxygens (including phenoxy) is 1. The van der Waals surface area contributed by atoms with E-state index in [2.05, 4.69) is 15.3 Å². The Balaban J connectivity index is 2.06. The van der Waals surface area contributed by atoms with Crippen LogP contribution in [0.5, 0.6) is 11.5 Å². The summed E-state index contributed by atoms with van der Waals surface area (Å²) in [7, 11) is 0. The maximum Gasteiger partial charge on any atom is 0.165 e. The molecule has 5 nitrogen and oxygen atoms in total. The van der Waals surface area contributed by atoms with Crippen molar-refractivity contribution in [1.82, 2.24) is 9.97 Å². The molecule has 2 N–H and O–H groups in total. The molecule has 0 atom stereocenters. The van der Waals surface area contributed by atoms with Gasteiger partial charge in [0, 0.05) is 11.5 Å². The lowest BCUT2D eigenvalue weighted by Gasteiger charge is -2.14. The van der Waals surface area contributed by atoms with Crippen molar-refractivity contribution in [3.8, 4) is 11.5 Å². The summed E-state index contributed by atoms with van der Waals surface area (Å²) >= 11 is 5.79. The fourth-order valence-electron chi connectivity index (χ4n) is 2.25. The number of halogens is 2. The predicted molar refractivity (Wildman–Crippen MR) is 91.7 cm³/mol. The third kappa shape index (κ3) is 3.19. The van der Waals surface area contributed by atoms with E-state index in [4.69, 9.17) is 16.3 Å². The van der Waals surface area contributed by atoms with E-state index in [9.17, 15) is 9.50 Å². The van der Waals surface area contributed by atoms with Crippen molar-refractivity contribution in [2.45, 2.75) is 20.0 Å². The molecule has 0 aliphatic carbocycles. The number of nitrogens with one attached hydrogen (secondary N) is 1. The first-order chi connectivity index (χ1) is 11.5. The van der Waals surface area contributed by atoms with Crippen LogP contribution in [0.3, 0.4) is 0 Å². The number of phenolic OH excluding ortho intramolecular Hbond substituents is 1. The molecule has 0 saturated heterocycles. The van der Waals surface area contributed by atoms with Gasteiger partial charge in [-0.2, -0.15) is 0 Å². The van der Waals surface area contributed by atoms with E-state index in [1.807, 2.05) is 13.8 Å². The van der Waals surface area contributed by atoms with E-state index in [1.54, 1.807) is 18.2 Å². The number of phenols is 1. The first-order valence-electron chi connectivity index (χ1n) is 7.31. The molecule has 0 fully saturated rings. The minimum absolute atomic E-state index is 0.00817. The zero-order valence-corrected chi connectivity index (χ0v) is 13.8. The van der Waals surface area contributed by atoms with Gasteiger partial charge in [-0.1, -0.05) is 17.7 Å². The number of rotatable bonds is 4. The summed E-state index contributed by atoms with van der Waals surface area (Å²) in [5, 5.41) is 13.6. The highest BCUT2D eigenvalue weighted by atomic mass is 35.5. The third-order valence-corrected chi connectivity index (χ3v) is 3.58. The van der Waals surface area contributed by atoms with Gasteiger partial charge in [-0.25, -0.2) is 14.4 Å². The van der Waals surface area contributed by atoms with Crippen LogP contribution in [-0.2, 0) is 0 Å². The maximum absolute atomic E-state index is 14.1. The number of benzene rings is 2. The zero-order chi connectivity index (χ0) is 17.3. The van der Waals surface area contributed by atoms with Gasteiger partial charge in [0.15, 0.2) is 17.3 Å². The highest BCUT2D eigenvalue weighted by Crippen LogP contribution is 2.35. The standard InChI is InChI=1S/C17H15ClFN3O2/c1-9(2)24-15-7-13-10(6-14(15)23)17(21-8-20-13)22-12-5-3-4-11(18)16(12)19/h3-9,23H,1-2H3,(H,20,21,22). The van der Waals surface area contributed by atoms with Gasteiger partial charge in [0.2, 0.25) is 0 Å². The van der Waals surface area contributed by atoms with Crippen LogP contribution in [0.1, 0.15) is 13.8 Å². The van der Waals surface area contributed by atoms with Crippen LogP contribution in [0.4, 0.5) is 15.9 Å². The molecule has 0 bridgehead atoms. The van der Waals surface area contributed by atoms with Gasteiger partial charge < -0.3 is 15.2 Å². The Labute approximate surface area is 143 Å². The van der Waals surface area contributed by atoms with E-state index >= 15 is 0 Å². The molecule has 24 heavy (non-hydrogen) atoms. The minimum atomic E-state index is -0.574. The molecule has 3 aromatic rings. The van der Waals surface area contributed by atoms with Crippen molar-refractivity contribution < 1.29 is 14.2 Å². The molecule has 124 valence electrons. The largest absolute Gasteiger partial charge is 0.504 e. The molecular weight excluding hydrogens is 333 g/mol. The molecule has 0 spiro atoms. The summed E-state index contributed by atoms with van der Waals surface area (Å²) in [4.78, 5) is 8.29. The quantitative estimate of drug-likeness (QED) is 0.718. The zero-order valence-electron chi connectivity index (χ0n) is 13.0. The number of aromatic hydroxyl groups is 1. The molecule has 0 unspecified atom stereocenters. The normalized spacial score (nSPS) is 11.0. The lowest BCUT2D eigenvalue weighted by atomic mass is 10.2. The van der Waals surface area contributed by atoms with E-state index < -0.39 is 5.82 Å². The van der Waals surface area contributed by atoms with Crippen molar-refractivity contribution in [2.75, 3.05) is 5.32 Å². The topological polar surface area (TPSA) is 67.3 Å². The Morgan fingerprint density at radius 1 is 1.25 bits per heavy atom. The number of hydrogen-bond acceptors (Lipinski definition) is 5. The van der Waals surface area contributed by atoms with E-state index in [0.29, 0.717) is 22.5 Å². The fraction of sp³-hybridized carbons (Fsp3) is 0.176. The molecule has 1 heterocycles. The van der Waals surface area contributed by atoms with Crippen LogP contribution in [0, 0.1) is 5.82 Å². The third-order valence-electron chi connectivity index (χ3n) is 3.28. The van der Waals surface area contributed by atoms with Crippen LogP contribution in [0.15, 0.2) is 36.7 Å². The molecular formula is C17H15ClFN3O2. The van der Waals surface area contributed by atoms with Crippen molar-refractivity contribution >= 4 is 34.0 Å². The number of aromatic nitrogens is 2. The summed E-state index contributed by atoms with van der Waals surface area (Å²) in [6, 6.07) is 7.74. The summed E-state index contributed by atoms with van der Waals surface area (Å²) in [6.45, 7) is 3.72. The molecule has 1 aromatic heterocycles. The maximum atomic E-state index is 14.1. The van der Waals surface area contributed by atoms with Crippen LogP contribution < -0.4 is 10.1 Å². The Morgan fingerprint density at radius 2 is 2.04 bits per heavy atom. The molecule has 0 radical (unpaired) electrons. The Hall–Kier alpha value is -2.60. The van der Waals surface area contributed by atoms with E-state index in [-0.39, 0.29) is 22.6 Å². The average molecular weight is 348 g/mol. The fourth-order valence-corrected chi connectivity index (χ4v) is 2.42. The van der Waals surface area contributed by atoms with Gasteiger partial charge in [-0.3, -0.25) is 0 Å². The van der Waals surface area contributed by atoms with Gasteiger partial charge in [0.1, 0.15) is 12.1 Å². The Bertz CT molecular complexity index is 902. The molecule has 0 aliphatic rings. The summed E-state index contributed by atoms with van der Waals surface area (Å²) < 4.78 is 19.6. The van der Waals surface area contributed by atoms with Gasteiger partial charge in [-0.05, 0) is 32.0 Å². The SMILES string of the molecule is CC(C)Oc1cc2ncnc(Nc3cccc(Cl)c3F)c2cc1O. The first kappa shape index (κ1) is 16.3. The molecule has 0 aliphatic heterocycles. The van der Waals surface area contributed by atoms with Crippen LogP contribution >= 0.6 is 11.6 Å². The lowest BCUT2D eigenvalue weighted by molar-refractivity contribution is 0.232. The van der Waals surface area contributed by atoms with Gasteiger partial charge in [0.25, 0.3) is 0 Å². The smallest absolute Gasteiger partial charge is 0.165 e. The monoisotopic (exact) mass is 347 g/mol. The van der Waals surface area contributed by atoms with Crippen LogP contribution in [-0.4, -0.2) is 21.2 Å². The summed E-state index contributed by atoms with van der Waals surface area (Å²) in [6.07, 6.45) is 1.26. The highest BCUT2D eigenvalue weighted by Gasteiger charge is 2.13. The second-order valence-corrected chi connectivity index (χ2v) is 5.86. The number of anilines is 2. The van der Waals surface area contributed by atoms with E-state index in [1.165, 1.54) is 18.5 Å². The second kappa shape index (κ2) is 6.49. The molecule has 0 amide bonds. The van der Waals surface area contributed by atoms with Crippen molar-refractivity contribution in [3.05, 3.63) is 47.5 Å². The first-order valence-corrected chi connectivity index (χ1v) is 7.69. The number of hydrogen-bond donors (Lipinski definition) is 2. The average Bonchev–Trinajstić information content (AvgIpc) is 2.53. The molecule has 7 heteroatoms. The van der Waals surface area contributed by atoms with Crippen LogP contribution in [0.2, 0.25) is 5.02 Å². The summed E-state index contributed by atoms with van der Waals surface area (Å²) in [5.41, 5.74) is 0.743. The highest BCUT2D eigenvalue weighted by molar-refractivity contribution is 6.31. The van der Waals surface area contributed by atoms with Crippen LogP contribution in [0.25, 0.3) is 10.9 Å². The molecule has 3 rings (SSSR count). The predicted octanol–water partition coefficient (Wildman–Crippen LogP) is 4.66.